The van der Waals surface area contributed by atoms with Crippen molar-refractivity contribution < 1.29 is 14.3 Å². The third-order valence-corrected chi connectivity index (χ3v) is 8.81. The molecule has 1 N–H and O–H groups in total. The average Bonchev–Trinajstić information content (AvgIpc) is 3.63. The number of ether oxygens (including phenoxy) is 1. The minimum Gasteiger partial charge on any atom is -0.422 e. The number of nitrogens with one attached hydrogen (secondary N) is 1. The molecule has 8 nitrogen and oxygen atoms in total. The molecule has 0 bridgehead atoms. The number of thioether (sulfide) groups is 1. The fourth-order valence-electron chi connectivity index (χ4n) is 4.21. The number of benzene rings is 4. The number of hydrogen-bond donors (Lipinski definition) is 1. The summed E-state index contributed by atoms with van der Waals surface area (Å²) >= 11 is 8.95. The van der Waals surface area contributed by atoms with Gasteiger partial charge in [0.2, 0.25) is 0 Å². The predicted octanol–water partition coefficient (Wildman–Crippen LogP) is 7.26. The van der Waals surface area contributed by atoms with Crippen LogP contribution < -0.4 is 10.2 Å². The lowest BCUT2D eigenvalue weighted by Crippen LogP contribution is -2.20. The summed E-state index contributed by atoms with van der Waals surface area (Å²) < 4.78 is 8.36. The van der Waals surface area contributed by atoms with Gasteiger partial charge < -0.3 is 4.74 Å². The number of halogens is 1. The molecule has 0 aliphatic heterocycles. The largest absolute Gasteiger partial charge is 0.422 e. The number of esters is 1. The van der Waals surface area contributed by atoms with Crippen LogP contribution in [0.3, 0.4) is 0 Å². The Kier molecular flexibility index (Phi) is 8.60. The van der Waals surface area contributed by atoms with Crippen molar-refractivity contribution in [3.05, 3.63) is 125 Å². The fourth-order valence-corrected chi connectivity index (χ4v) is 6.34. The monoisotopic (exact) mass is 623 g/mol. The molecule has 0 atom stereocenters. The molecule has 0 saturated heterocycles. The summed E-state index contributed by atoms with van der Waals surface area (Å²) in [6.45, 7) is 0. The molecule has 2 aromatic heterocycles. The quantitative estimate of drug-likeness (QED) is 0.0598. The number of aromatic nitrogens is 3. The zero-order chi connectivity index (χ0) is 29.6. The summed E-state index contributed by atoms with van der Waals surface area (Å²) in [6, 6.07) is 33.8. The molecular weight excluding hydrogens is 602 g/mol. The van der Waals surface area contributed by atoms with Gasteiger partial charge in [0.05, 0.1) is 17.0 Å². The number of thiophene rings is 1. The third kappa shape index (κ3) is 6.51. The van der Waals surface area contributed by atoms with Gasteiger partial charge in [-0.1, -0.05) is 90.1 Å². The number of carbonyl (C=O) groups is 2. The van der Waals surface area contributed by atoms with Crippen LogP contribution in [0.2, 0.25) is 5.02 Å². The van der Waals surface area contributed by atoms with Crippen LogP contribution in [0.1, 0.15) is 15.2 Å². The Morgan fingerprint density at radius 1 is 0.907 bits per heavy atom. The smallest absolute Gasteiger partial charge is 0.355 e. The number of para-hydroxylation sites is 1. The van der Waals surface area contributed by atoms with E-state index in [0.717, 1.165) is 21.3 Å². The van der Waals surface area contributed by atoms with E-state index in [9.17, 15) is 9.59 Å². The van der Waals surface area contributed by atoms with Crippen LogP contribution >= 0.6 is 34.7 Å². The third-order valence-electron chi connectivity index (χ3n) is 6.23. The Balaban J connectivity index is 1.05. The second kappa shape index (κ2) is 13.0. The summed E-state index contributed by atoms with van der Waals surface area (Å²) in [5.41, 5.74) is 5.07. The molecule has 43 heavy (non-hydrogen) atoms. The Hall–Kier alpha value is -4.77. The van der Waals surface area contributed by atoms with Crippen LogP contribution in [0.25, 0.3) is 27.2 Å². The SMILES string of the molecule is O=C(CSc1nnc(-c2ccccc2)n1-c1ccccc1)N/N=C\c1ccc(OC(=O)c2sc3ccccc3c2Cl)cc1. The van der Waals surface area contributed by atoms with Crippen LogP contribution in [0.5, 0.6) is 5.75 Å². The second-order valence-electron chi connectivity index (χ2n) is 9.12. The van der Waals surface area contributed by atoms with Crippen molar-refractivity contribution >= 4 is 62.9 Å². The zero-order valence-corrected chi connectivity index (χ0v) is 24.8. The first-order valence-electron chi connectivity index (χ1n) is 13.1. The lowest BCUT2D eigenvalue weighted by Gasteiger charge is -2.10. The van der Waals surface area contributed by atoms with Gasteiger partial charge in [0.25, 0.3) is 5.91 Å². The van der Waals surface area contributed by atoms with Gasteiger partial charge in [0, 0.05) is 21.3 Å². The first-order valence-corrected chi connectivity index (χ1v) is 15.2. The van der Waals surface area contributed by atoms with E-state index < -0.39 is 5.97 Å². The van der Waals surface area contributed by atoms with Gasteiger partial charge in [-0.25, -0.2) is 10.2 Å². The number of hydrogen-bond acceptors (Lipinski definition) is 8. The van der Waals surface area contributed by atoms with E-state index in [4.69, 9.17) is 16.3 Å². The van der Waals surface area contributed by atoms with Crippen LogP contribution in [-0.2, 0) is 4.79 Å². The van der Waals surface area contributed by atoms with E-state index in [1.165, 1.54) is 29.3 Å². The van der Waals surface area contributed by atoms with Crippen molar-refractivity contribution in [2.75, 3.05) is 5.75 Å². The maximum atomic E-state index is 12.7. The highest BCUT2D eigenvalue weighted by atomic mass is 35.5. The minimum absolute atomic E-state index is 0.0896. The molecule has 11 heteroatoms. The van der Waals surface area contributed by atoms with Crippen molar-refractivity contribution in [2.24, 2.45) is 5.10 Å². The summed E-state index contributed by atoms with van der Waals surface area (Å²) in [5, 5.41) is 14.6. The van der Waals surface area contributed by atoms with Crippen LogP contribution in [0.4, 0.5) is 0 Å². The van der Waals surface area contributed by atoms with Crippen molar-refractivity contribution in [2.45, 2.75) is 5.16 Å². The number of rotatable bonds is 9. The summed E-state index contributed by atoms with van der Waals surface area (Å²) in [7, 11) is 0. The molecule has 212 valence electrons. The van der Waals surface area contributed by atoms with E-state index in [2.05, 4.69) is 20.7 Å². The molecule has 0 aliphatic rings. The fraction of sp³-hybridized carbons (Fsp3) is 0.0312. The molecule has 0 spiro atoms. The molecule has 2 heterocycles. The van der Waals surface area contributed by atoms with E-state index in [1.807, 2.05) is 89.5 Å². The normalized spacial score (nSPS) is 11.2. The topological polar surface area (TPSA) is 98.5 Å². The van der Waals surface area contributed by atoms with E-state index in [0.29, 0.717) is 32.2 Å². The molecule has 6 aromatic rings. The molecule has 0 saturated carbocycles. The lowest BCUT2D eigenvalue weighted by atomic mass is 10.2. The number of fused-ring (bicyclic) bond motifs is 1. The van der Waals surface area contributed by atoms with Gasteiger partial charge in [-0.3, -0.25) is 9.36 Å². The first-order chi connectivity index (χ1) is 21.1. The van der Waals surface area contributed by atoms with Crippen LogP contribution in [0.15, 0.2) is 119 Å². The van der Waals surface area contributed by atoms with Crippen LogP contribution in [0, 0.1) is 0 Å². The molecule has 6 rings (SSSR count). The second-order valence-corrected chi connectivity index (χ2v) is 11.5. The van der Waals surface area contributed by atoms with Crippen LogP contribution in [-0.4, -0.2) is 38.6 Å². The molecule has 1 amide bonds. The Morgan fingerprint density at radius 3 is 2.35 bits per heavy atom. The van der Waals surface area contributed by atoms with Gasteiger partial charge in [-0.2, -0.15) is 5.10 Å². The first kappa shape index (κ1) is 28.4. The van der Waals surface area contributed by atoms with Crippen molar-refractivity contribution in [1.29, 1.82) is 0 Å². The Labute approximate surface area is 260 Å². The van der Waals surface area contributed by atoms with Crippen molar-refractivity contribution in [1.82, 2.24) is 20.2 Å². The number of carbonyl (C=O) groups excluding carboxylic acids is 2. The average molecular weight is 624 g/mol. The summed E-state index contributed by atoms with van der Waals surface area (Å²) in [5.74, 6) is 0.334. The Morgan fingerprint density at radius 2 is 1.60 bits per heavy atom. The maximum absolute atomic E-state index is 12.7. The number of amides is 1. The zero-order valence-electron chi connectivity index (χ0n) is 22.4. The van der Waals surface area contributed by atoms with Gasteiger partial charge in [-0.15, -0.1) is 21.5 Å². The van der Waals surface area contributed by atoms with Gasteiger partial charge in [0.15, 0.2) is 11.0 Å². The summed E-state index contributed by atoms with van der Waals surface area (Å²) in [6.07, 6.45) is 1.51. The molecule has 0 fully saturated rings. The highest BCUT2D eigenvalue weighted by Crippen LogP contribution is 2.35. The maximum Gasteiger partial charge on any atom is 0.355 e. The molecule has 0 aliphatic carbocycles. The highest BCUT2D eigenvalue weighted by molar-refractivity contribution is 7.99. The van der Waals surface area contributed by atoms with Gasteiger partial charge in [-0.05, 0) is 48.0 Å². The predicted molar refractivity (Wildman–Crippen MR) is 171 cm³/mol. The molecular formula is C32H22ClN5O3S2. The highest BCUT2D eigenvalue weighted by Gasteiger charge is 2.19. The van der Waals surface area contributed by atoms with Crippen molar-refractivity contribution in [3.8, 4) is 22.8 Å². The van der Waals surface area contributed by atoms with Gasteiger partial charge >= 0.3 is 5.97 Å². The molecule has 0 radical (unpaired) electrons. The standard InChI is InChI=1S/C32H22ClN5O3S2/c33-28-25-13-7-8-14-26(25)43-29(28)31(40)41-24-17-15-21(16-18-24)19-34-35-27(39)20-42-32-37-36-30(22-9-3-1-4-10-22)38(32)23-11-5-2-6-12-23/h1-19H,20H2,(H,35,39)/b34-19-. The minimum atomic E-state index is -0.517. The van der Waals surface area contributed by atoms with E-state index in [-0.39, 0.29) is 11.7 Å². The van der Waals surface area contributed by atoms with Crippen molar-refractivity contribution in [3.63, 3.8) is 0 Å². The van der Waals surface area contributed by atoms with E-state index >= 15 is 0 Å². The number of hydrazone groups is 1. The van der Waals surface area contributed by atoms with E-state index in [1.54, 1.807) is 24.3 Å². The van der Waals surface area contributed by atoms with Gasteiger partial charge in [0.1, 0.15) is 10.6 Å². The lowest BCUT2D eigenvalue weighted by molar-refractivity contribution is -0.118. The summed E-state index contributed by atoms with van der Waals surface area (Å²) in [4.78, 5) is 25.6. The number of nitrogens with zero attached hydrogens (tertiary/aromatic N) is 4. The Bertz CT molecular complexity index is 1920. The molecule has 0 unspecified atom stereocenters. The molecule has 4 aromatic carbocycles.